The number of rotatable bonds is 4. The van der Waals surface area contributed by atoms with Crippen LogP contribution in [0.3, 0.4) is 0 Å². The number of fused-ring (bicyclic) bond motifs is 2. The summed E-state index contributed by atoms with van der Waals surface area (Å²) >= 11 is 0. The Bertz CT molecular complexity index is 1050. The van der Waals surface area contributed by atoms with Crippen molar-refractivity contribution < 1.29 is 18.7 Å². The first-order valence-electron chi connectivity index (χ1n) is 9.18. The molecule has 3 aromatic rings. The second-order valence-electron chi connectivity index (χ2n) is 7.26. The number of para-hydroxylation sites is 2. The summed E-state index contributed by atoms with van der Waals surface area (Å²) in [5.74, 6) is 7.27. The second-order valence-corrected chi connectivity index (χ2v) is 7.26. The van der Waals surface area contributed by atoms with Crippen LogP contribution in [0, 0.1) is 11.8 Å². The third-order valence-corrected chi connectivity index (χ3v) is 4.47. The highest BCUT2D eigenvalue weighted by Gasteiger charge is 2.32. The van der Waals surface area contributed by atoms with E-state index in [4.69, 9.17) is 13.9 Å². The molecule has 1 N–H and O–H groups in total. The highest BCUT2D eigenvalue weighted by atomic mass is 16.5. The first-order chi connectivity index (χ1) is 13.5. The summed E-state index contributed by atoms with van der Waals surface area (Å²) in [4.78, 5) is 12.1. The number of hydrogen-bond donors (Lipinski definition) is 1. The summed E-state index contributed by atoms with van der Waals surface area (Å²) in [6.45, 7) is 4.55. The molecule has 0 unspecified atom stereocenters. The van der Waals surface area contributed by atoms with Crippen LogP contribution in [0.4, 0.5) is 0 Å². The molecule has 0 saturated carbocycles. The van der Waals surface area contributed by atoms with Crippen LogP contribution in [0.1, 0.15) is 30.0 Å². The predicted octanol–water partition coefficient (Wildman–Crippen LogP) is 3.96. The zero-order chi connectivity index (χ0) is 19.6. The fourth-order valence-corrected chi connectivity index (χ4v) is 3.23. The van der Waals surface area contributed by atoms with Gasteiger partial charge >= 0.3 is 0 Å². The van der Waals surface area contributed by atoms with E-state index in [1.807, 2.05) is 36.4 Å². The van der Waals surface area contributed by atoms with Crippen LogP contribution in [0.25, 0.3) is 11.0 Å². The maximum absolute atomic E-state index is 12.1. The summed E-state index contributed by atoms with van der Waals surface area (Å²) in [7, 11) is 0. The zero-order valence-electron chi connectivity index (χ0n) is 15.9. The Morgan fingerprint density at radius 1 is 1.18 bits per heavy atom. The highest BCUT2D eigenvalue weighted by Crippen LogP contribution is 2.41. The summed E-state index contributed by atoms with van der Waals surface area (Å²) < 4.78 is 17.2. The lowest BCUT2D eigenvalue weighted by Crippen LogP contribution is -2.24. The van der Waals surface area contributed by atoms with Crippen LogP contribution in [0.5, 0.6) is 11.5 Å². The molecule has 0 radical (unpaired) electrons. The van der Waals surface area contributed by atoms with Crippen molar-refractivity contribution >= 4 is 16.9 Å². The molecule has 0 fully saturated rings. The average molecular weight is 375 g/mol. The van der Waals surface area contributed by atoms with Crippen molar-refractivity contribution in [2.75, 3.05) is 13.2 Å². The van der Waals surface area contributed by atoms with Gasteiger partial charge in [0, 0.05) is 17.4 Å². The molecule has 2 heterocycles. The van der Waals surface area contributed by atoms with E-state index in [-0.39, 0.29) is 30.4 Å². The molecule has 5 heteroatoms. The SMILES string of the molecule is CC1(C)Cc2cccc(OCC#CCNC(=O)c3cc4ccccc4o3)c2O1. The van der Waals surface area contributed by atoms with Crippen molar-refractivity contribution in [3.05, 3.63) is 59.9 Å². The monoisotopic (exact) mass is 375 g/mol. The van der Waals surface area contributed by atoms with Crippen LogP contribution in [-0.4, -0.2) is 24.7 Å². The lowest BCUT2D eigenvalue weighted by Gasteiger charge is -2.17. The average Bonchev–Trinajstić information content (AvgIpc) is 3.24. The standard InChI is InChI=1S/C23H21NO4/c1-23(2)15-17-9-7-11-19(21(17)28-23)26-13-6-5-12-24-22(25)20-14-16-8-3-4-10-18(16)27-20/h3-4,7-11,14H,12-13,15H2,1-2H3,(H,24,25). The Kier molecular flexibility index (Phi) is 4.70. The van der Waals surface area contributed by atoms with Crippen molar-refractivity contribution in [3.63, 3.8) is 0 Å². The number of hydrogen-bond acceptors (Lipinski definition) is 4. The molecule has 142 valence electrons. The molecule has 1 aliphatic heterocycles. The Labute approximate surface area is 163 Å². The van der Waals surface area contributed by atoms with Crippen LogP contribution in [-0.2, 0) is 6.42 Å². The normalized spacial score (nSPS) is 13.9. The number of amides is 1. The summed E-state index contributed by atoms with van der Waals surface area (Å²) in [5, 5.41) is 3.62. The molecule has 0 spiro atoms. The Morgan fingerprint density at radius 3 is 2.89 bits per heavy atom. The van der Waals surface area contributed by atoms with Crippen molar-refractivity contribution in [2.24, 2.45) is 0 Å². The number of carbonyl (C=O) groups is 1. The third kappa shape index (κ3) is 3.81. The molecule has 1 aliphatic rings. The fourth-order valence-electron chi connectivity index (χ4n) is 3.23. The number of nitrogens with one attached hydrogen (secondary N) is 1. The van der Waals surface area contributed by atoms with Gasteiger partial charge in [-0.05, 0) is 32.0 Å². The van der Waals surface area contributed by atoms with Crippen LogP contribution < -0.4 is 14.8 Å². The zero-order valence-corrected chi connectivity index (χ0v) is 15.9. The minimum absolute atomic E-state index is 0.214. The second kappa shape index (κ2) is 7.32. The van der Waals surface area contributed by atoms with Crippen LogP contribution in [0.15, 0.2) is 52.9 Å². The minimum Gasteiger partial charge on any atom is -0.483 e. The van der Waals surface area contributed by atoms with Gasteiger partial charge in [0.15, 0.2) is 17.3 Å². The van der Waals surface area contributed by atoms with Crippen molar-refractivity contribution in [3.8, 4) is 23.3 Å². The van der Waals surface area contributed by atoms with E-state index in [9.17, 15) is 4.79 Å². The van der Waals surface area contributed by atoms with E-state index in [1.165, 1.54) is 0 Å². The fraction of sp³-hybridized carbons (Fsp3) is 0.261. The van der Waals surface area contributed by atoms with Gasteiger partial charge in [-0.15, -0.1) is 0 Å². The maximum atomic E-state index is 12.1. The smallest absolute Gasteiger partial charge is 0.287 e. The molecule has 2 aromatic carbocycles. The van der Waals surface area contributed by atoms with Gasteiger partial charge in [-0.1, -0.05) is 42.2 Å². The van der Waals surface area contributed by atoms with Crippen LogP contribution >= 0.6 is 0 Å². The van der Waals surface area contributed by atoms with Gasteiger partial charge in [0.05, 0.1) is 6.54 Å². The van der Waals surface area contributed by atoms with Gasteiger partial charge in [0.2, 0.25) is 0 Å². The van der Waals surface area contributed by atoms with Gasteiger partial charge in [-0.25, -0.2) is 0 Å². The van der Waals surface area contributed by atoms with Crippen LogP contribution in [0.2, 0.25) is 0 Å². The van der Waals surface area contributed by atoms with Crippen molar-refractivity contribution in [1.29, 1.82) is 0 Å². The lowest BCUT2D eigenvalue weighted by molar-refractivity contribution is 0.0933. The Morgan fingerprint density at radius 2 is 2.04 bits per heavy atom. The molecule has 5 nitrogen and oxygen atoms in total. The van der Waals surface area contributed by atoms with Gasteiger partial charge < -0.3 is 19.2 Å². The molecular formula is C23H21NO4. The first-order valence-corrected chi connectivity index (χ1v) is 9.18. The largest absolute Gasteiger partial charge is 0.483 e. The number of ether oxygens (including phenoxy) is 2. The van der Waals surface area contributed by atoms with Gasteiger partial charge in [-0.3, -0.25) is 4.79 Å². The number of carbonyl (C=O) groups excluding carboxylic acids is 1. The van der Waals surface area contributed by atoms with Gasteiger partial charge in [0.25, 0.3) is 5.91 Å². The topological polar surface area (TPSA) is 60.7 Å². The lowest BCUT2D eigenvalue weighted by atomic mass is 10.0. The number of benzene rings is 2. The molecule has 28 heavy (non-hydrogen) atoms. The van der Waals surface area contributed by atoms with E-state index in [0.29, 0.717) is 11.3 Å². The number of furan rings is 1. The minimum atomic E-state index is -0.289. The molecule has 0 aliphatic carbocycles. The van der Waals surface area contributed by atoms with Gasteiger partial charge in [-0.2, -0.15) is 0 Å². The van der Waals surface area contributed by atoms with E-state index in [2.05, 4.69) is 37.1 Å². The van der Waals surface area contributed by atoms with E-state index in [1.54, 1.807) is 6.07 Å². The Hall–Kier alpha value is -3.39. The quantitative estimate of drug-likeness (QED) is 0.701. The van der Waals surface area contributed by atoms with Gasteiger partial charge in [0.1, 0.15) is 17.8 Å². The summed E-state index contributed by atoms with van der Waals surface area (Å²) in [6, 6.07) is 15.1. The van der Waals surface area contributed by atoms with Crippen molar-refractivity contribution in [1.82, 2.24) is 5.32 Å². The molecule has 1 aromatic heterocycles. The summed E-state index contributed by atoms with van der Waals surface area (Å²) in [5.41, 5.74) is 1.62. The highest BCUT2D eigenvalue weighted by molar-refractivity contribution is 5.96. The maximum Gasteiger partial charge on any atom is 0.287 e. The van der Waals surface area contributed by atoms with E-state index >= 15 is 0 Å². The molecule has 0 atom stereocenters. The molecule has 0 saturated heterocycles. The van der Waals surface area contributed by atoms with E-state index < -0.39 is 0 Å². The first kappa shape index (κ1) is 18.0. The molecule has 0 bridgehead atoms. The van der Waals surface area contributed by atoms with E-state index in [0.717, 1.165) is 23.1 Å². The summed E-state index contributed by atoms with van der Waals surface area (Å²) in [6.07, 6.45) is 0.860. The Balaban J connectivity index is 1.29. The molecule has 4 rings (SSSR count). The predicted molar refractivity (Wildman–Crippen MR) is 107 cm³/mol. The molecule has 1 amide bonds. The molecular weight excluding hydrogens is 354 g/mol. The van der Waals surface area contributed by atoms with Crippen molar-refractivity contribution in [2.45, 2.75) is 25.9 Å². The third-order valence-electron chi connectivity index (χ3n) is 4.47.